The van der Waals surface area contributed by atoms with Crippen LogP contribution in [0.3, 0.4) is 0 Å². The molecule has 1 aliphatic rings. The van der Waals surface area contributed by atoms with Crippen molar-refractivity contribution in [1.82, 2.24) is 15.1 Å². The maximum Gasteiger partial charge on any atom is 0.317 e. The van der Waals surface area contributed by atoms with Crippen LogP contribution < -0.4 is 5.32 Å². The lowest BCUT2D eigenvalue weighted by Crippen LogP contribution is -2.51. The molecule has 1 saturated heterocycles. The first-order chi connectivity index (χ1) is 8.41. The van der Waals surface area contributed by atoms with Crippen LogP contribution in [-0.2, 0) is 4.79 Å². The number of nitrogens with one attached hydrogen (secondary N) is 1. The summed E-state index contributed by atoms with van der Waals surface area (Å²) in [6.45, 7) is 3.83. The summed E-state index contributed by atoms with van der Waals surface area (Å²) in [5.41, 5.74) is 0. The molecular formula is C12H23N3O3. The van der Waals surface area contributed by atoms with Crippen molar-refractivity contribution in [1.29, 1.82) is 0 Å². The van der Waals surface area contributed by atoms with Crippen LogP contribution in [-0.4, -0.2) is 66.7 Å². The fourth-order valence-corrected chi connectivity index (χ4v) is 2.19. The molecule has 0 aromatic carbocycles. The number of carbonyl (C=O) groups is 2. The molecule has 0 spiro atoms. The molecule has 1 heterocycles. The molecule has 6 heteroatoms. The molecule has 1 rings (SSSR count). The minimum Gasteiger partial charge on any atom is -0.481 e. The van der Waals surface area contributed by atoms with E-state index in [1.165, 1.54) is 0 Å². The Bertz CT molecular complexity index is 307. The number of carboxylic acids is 1. The summed E-state index contributed by atoms with van der Waals surface area (Å²) in [4.78, 5) is 26.5. The summed E-state index contributed by atoms with van der Waals surface area (Å²) in [6, 6.07) is -0.104. The average molecular weight is 257 g/mol. The number of hydrogen-bond acceptors (Lipinski definition) is 3. The first-order valence-corrected chi connectivity index (χ1v) is 6.33. The molecule has 0 radical (unpaired) electrons. The Balaban J connectivity index is 2.38. The van der Waals surface area contributed by atoms with Crippen LogP contribution in [0.15, 0.2) is 0 Å². The number of rotatable bonds is 4. The topological polar surface area (TPSA) is 72.9 Å². The first-order valence-electron chi connectivity index (χ1n) is 6.33. The fraction of sp³-hybridized carbons (Fsp3) is 0.833. The minimum atomic E-state index is -0.755. The molecule has 0 saturated carbocycles. The molecule has 1 aliphatic heterocycles. The Labute approximate surface area is 108 Å². The molecule has 104 valence electrons. The van der Waals surface area contributed by atoms with Crippen LogP contribution in [0.2, 0.25) is 0 Å². The number of likely N-dealkylation sites (tertiary alicyclic amines) is 1. The quantitative estimate of drug-likeness (QED) is 0.766. The van der Waals surface area contributed by atoms with E-state index < -0.39 is 5.97 Å². The van der Waals surface area contributed by atoms with Gasteiger partial charge in [-0.05, 0) is 33.9 Å². The molecule has 0 aliphatic carbocycles. The van der Waals surface area contributed by atoms with E-state index >= 15 is 0 Å². The third-order valence-electron chi connectivity index (χ3n) is 3.32. The zero-order chi connectivity index (χ0) is 13.7. The monoisotopic (exact) mass is 257 g/mol. The number of amides is 2. The van der Waals surface area contributed by atoms with Crippen molar-refractivity contribution in [2.75, 3.05) is 33.7 Å². The van der Waals surface area contributed by atoms with Crippen molar-refractivity contribution in [2.24, 2.45) is 5.92 Å². The van der Waals surface area contributed by atoms with Crippen LogP contribution in [0.1, 0.15) is 19.8 Å². The molecule has 6 nitrogen and oxygen atoms in total. The second kappa shape index (κ2) is 6.58. The number of nitrogens with zero attached hydrogens (tertiary/aromatic N) is 2. The first kappa shape index (κ1) is 14.8. The zero-order valence-electron chi connectivity index (χ0n) is 11.3. The van der Waals surface area contributed by atoms with Gasteiger partial charge in [0.05, 0.1) is 5.92 Å². The van der Waals surface area contributed by atoms with Gasteiger partial charge < -0.3 is 20.2 Å². The van der Waals surface area contributed by atoms with E-state index in [-0.39, 0.29) is 18.0 Å². The van der Waals surface area contributed by atoms with Gasteiger partial charge in [-0.15, -0.1) is 0 Å². The highest BCUT2D eigenvalue weighted by molar-refractivity contribution is 5.75. The van der Waals surface area contributed by atoms with Crippen LogP contribution in [0.4, 0.5) is 4.79 Å². The van der Waals surface area contributed by atoms with Gasteiger partial charge >= 0.3 is 12.0 Å². The number of hydrogen-bond donors (Lipinski definition) is 2. The van der Waals surface area contributed by atoms with Gasteiger partial charge in [-0.2, -0.15) is 0 Å². The second-order valence-electron chi connectivity index (χ2n) is 5.14. The van der Waals surface area contributed by atoms with E-state index in [4.69, 9.17) is 5.11 Å². The number of piperidine rings is 1. The van der Waals surface area contributed by atoms with Gasteiger partial charge in [0.2, 0.25) is 0 Å². The Hall–Kier alpha value is -1.30. The highest BCUT2D eigenvalue weighted by atomic mass is 16.4. The minimum absolute atomic E-state index is 0.0146. The van der Waals surface area contributed by atoms with Crippen LogP contribution in [0, 0.1) is 5.92 Å². The van der Waals surface area contributed by atoms with E-state index in [0.29, 0.717) is 25.9 Å². The second-order valence-corrected chi connectivity index (χ2v) is 5.14. The molecule has 2 unspecified atom stereocenters. The average Bonchev–Trinajstić information content (AvgIpc) is 2.27. The van der Waals surface area contributed by atoms with Crippen molar-refractivity contribution in [3.8, 4) is 0 Å². The van der Waals surface area contributed by atoms with E-state index in [0.717, 1.165) is 6.54 Å². The molecule has 18 heavy (non-hydrogen) atoms. The molecule has 2 amide bonds. The van der Waals surface area contributed by atoms with Crippen molar-refractivity contribution in [2.45, 2.75) is 25.8 Å². The van der Waals surface area contributed by atoms with E-state index in [1.54, 1.807) is 4.90 Å². The predicted molar refractivity (Wildman–Crippen MR) is 68.5 cm³/mol. The molecule has 0 bridgehead atoms. The third-order valence-corrected chi connectivity index (χ3v) is 3.32. The lowest BCUT2D eigenvalue weighted by molar-refractivity contribution is -0.143. The summed E-state index contributed by atoms with van der Waals surface area (Å²) in [7, 11) is 3.90. The molecule has 1 fully saturated rings. The largest absolute Gasteiger partial charge is 0.481 e. The smallest absolute Gasteiger partial charge is 0.317 e. The SMILES string of the molecule is CC1CC(C(=O)O)CCN1C(=O)NCCN(C)C. The predicted octanol–water partition coefficient (Wildman–Crippen LogP) is 0.443. The highest BCUT2D eigenvalue weighted by Crippen LogP contribution is 2.22. The van der Waals surface area contributed by atoms with Crippen molar-refractivity contribution in [3.05, 3.63) is 0 Å². The summed E-state index contributed by atoms with van der Waals surface area (Å²) in [5, 5.41) is 11.8. The molecule has 0 aromatic rings. The zero-order valence-corrected chi connectivity index (χ0v) is 11.3. The number of urea groups is 1. The van der Waals surface area contributed by atoms with Gasteiger partial charge in [-0.25, -0.2) is 4.79 Å². The third kappa shape index (κ3) is 4.18. The van der Waals surface area contributed by atoms with Crippen molar-refractivity contribution in [3.63, 3.8) is 0 Å². The molecule has 0 aromatic heterocycles. The Morgan fingerprint density at radius 3 is 2.61 bits per heavy atom. The van der Waals surface area contributed by atoms with Gasteiger partial charge in [-0.3, -0.25) is 4.79 Å². The van der Waals surface area contributed by atoms with Gasteiger partial charge in [-0.1, -0.05) is 0 Å². The lowest BCUT2D eigenvalue weighted by atomic mass is 9.92. The Kier molecular flexibility index (Phi) is 5.40. The number of aliphatic carboxylic acids is 1. The van der Waals surface area contributed by atoms with Crippen LogP contribution in [0.25, 0.3) is 0 Å². The van der Waals surface area contributed by atoms with Gasteiger partial charge in [0.25, 0.3) is 0 Å². The summed E-state index contributed by atoms with van der Waals surface area (Å²) in [6.07, 6.45) is 1.08. The van der Waals surface area contributed by atoms with Gasteiger partial charge in [0.1, 0.15) is 0 Å². The highest BCUT2D eigenvalue weighted by Gasteiger charge is 2.31. The number of likely N-dealkylation sites (N-methyl/N-ethyl adjacent to an activating group) is 1. The van der Waals surface area contributed by atoms with Crippen molar-refractivity contribution >= 4 is 12.0 Å². The van der Waals surface area contributed by atoms with Gasteiger partial charge in [0, 0.05) is 25.7 Å². The normalized spacial score (nSPS) is 24.1. The molecule has 2 atom stereocenters. The van der Waals surface area contributed by atoms with E-state index in [9.17, 15) is 9.59 Å². The molecule has 2 N–H and O–H groups in total. The van der Waals surface area contributed by atoms with E-state index in [1.807, 2.05) is 25.9 Å². The summed E-state index contributed by atoms with van der Waals surface area (Å²) < 4.78 is 0. The standard InChI is InChI=1S/C12H23N3O3/c1-9-8-10(11(16)17)4-6-15(9)12(18)13-5-7-14(2)3/h9-10H,4-8H2,1-3H3,(H,13,18)(H,16,17). The van der Waals surface area contributed by atoms with Crippen molar-refractivity contribution < 1.29 is 14.7 Å². The van der Waals surface area contributed by atoms with Crippen LogP contribution in [0.5, 0.6) is 0 Å². The Morgan fingerprint density at radius 2 is 2.11 bits per heavy atom. The molecular weight excluding hydrogens is 234 g/mol. The summed E-state index contributed by atoms with van der Waals surface area (Å²) >= 11 is 0. The van der Waals surface area contributed by atoms with E-state index in [2.05, 4.69) is 5.32 Å². The summed E-state index contributed by atoms with van der Waals surface area (Å²) in [5.74, 6) is -1.07. The maximum absolute atomic E-state index is 11.9. The number of carboxylic acid groups (broad SMARTS) is 1. The maximum atomic E-state index is 11.9. The lowest BCUT2D eigenvalue weighted by Gasteiger charge is -2.36. The fourth-order valence-electron chi connectivity index (χ4n) is 2.19. The Morgan fingerprint density at radius 1 is 1.44 bits per heavy atom. The van der Waals surface area contributed by atoms with Gasteiger partial charge in [0.15, 0.2) is 0 Å². The number of carbonyl (C=O) groups excluding carboxylic acids is 1. The van der Waals surface area contributed by atoms with Crippen LogP contribution >= 0.6 is 0 Å².